The van der Waals surface area contributed by atoms with Crippen molar-refractivity contribution in [1.82, 2.24) is 5.32 Å². The molecule has 3 heteroatoms. The highest BCUT2D eigenvalue weighted by Crippen LogP contribution is 2.38. The molecule has 2 rings (SSSR count). The maximum absolute atomic E-state index is 13.1. The zero-order chi connectivity index (χ0) is 11.5. The van der Waals surface area contributed by atoms with Gasteiger partial charge in [0.15, 0.2) is 0 Å². The van der Waals surface area contributed by atoms with Gasteiger partial charge in [-0.1, -0.05) is 31.0 Å². The second-order valence-electron chi connectivity index (χ2n) is 4.40. The summed E-state index contributed by atoms with van der Waals surface area (Å²) in [6.45, 7) is 3.02. The molecule has 0 saturated heterocycles. The van der Waals surface area contributed by atoms with Gasteiger partial charge in [0.1, 0.15) is 5.82 Å². The minimum Gasteiger partial charge on any atom is -0.310 e. The van der Waals surface area contributed by atoms with Gasteiger partial charge in [-0.3, -0.25) is 0 Å². The van der Waals surface area contributed by atoms with Crippen LogP contribution in [0.5, 0.6) is 0 Å². The van der Waals surface area contributed by atoms with Gasteiger partial charge in [0.2, 0.25) is 0 Å². The molecule has 1 N–H and O–H groups in total. The van der Waals surface area contributed by atoms with Gasteiger partial charge in [-0.2, -0.15) is 0 Å². The number of nitrogens with one attached hydrogen (secondary N) is 1. The number of hydrogen-bond donors (Lipinski definition) is 1. The first kappa shape index (κ1) is 11.9. The van der Waals surface area contributed by atoms with E-state index >= 15 is 0 Å². The zero-order valence-electron chi connectivity index (χ0n) is 9.47. The molecule has 1 saturated carbocycles. The summed E-state index contributed by atoms with van der Waals surface area (Å²) in [7, 11) is 0. The summed E-state index contributed by atoms with van der Waals surface area (Å²) in [6, 6.07) is 5.38. The van der Waals surface area contributed by atoms with Crippen LogP contribution >= 0.6 is 11.6 Å². The number of hydrogen-bond acceptors (Lipinski definition) is 1. The van der Waals surface area contributed by atoms with Crippen molar-refractivity contribution in [3.63, 3.8) is 0 Å². The van der Waals surface area contributed by atoms with Crippen molar-refractivity contribution >= 4 is 11.6 Å². The lowest BCUT2D eigenvalue weighted by Gasteiger charge is -2.34. The first-order valence-corrected chi connectivity index (χ1v) is 6.28. The fraction of sp³-hybridized carbons (Fsp3) is 0.538. The molecule has 88 valence electrons. The third-order valence-electron chi connectivity index (χ3n) is 3.35. The average molecular weight is 242 g/mol. The molecule has 0 radical (unpaired) electrons. The molecule has 0 heterocycles. The van der Waals surface area contributed by atoms with E-state index in [4.69, 9.17) is 11.6 Å². The van der Waals surface area contributed by atoms with Gasteiger partial charge in [0.25, 0.3) is 0 Å². The van der Waals surface area contributed by atoms with E-state index in [9.17, 15) is 4.39 Å². The van der Waals surface area contributed by atoms with Crippen molar-refractivity contribution in [2.24, 2.45) is 5.92 Å². The first-order valence-electron chi connectivity index (χ1n) is 5.90. The molecule has 0 spiro atoms. The third kappa shape index (κ3) is 2.38. The van der Waals surface area contributed by atoms with Crippen LogP contribution in [0, 0.1) is 11.7 Å². The quantitative estimate of drug-likeness (QED) is 0.842. The fourth-order valence-electron chi connectivity index (χ4n) is 2.26. The van der Waals surface area contributed by atoms with Crippen molar-refractivity contribution in [3.05, 3.63) is 34.6 Å². The Balaban J connectivity index is 2.20. The molecule has 1 nitrogen and oxygen atoms in total. The van der Waals surface area contributed by atoms with Crippen LogP contribution in [-0.2, 0) is 0 Å². The monoisotopic (exact) mass is 241 g/mol. The molecule has 0 bridgehead atoms. The lowest BCUT2D eigenvalue weighted by molar-refractivity contribution is 0.233. The summed E-state index contributed by atoms with van der Waals surface area (Å²) in [5.74, 6) is 0.343. The van der Waals surface area contributed by atoms with Crippen LogP contribution in [0.3, 0.4) is 0 Å². The Labute approximate surface area is 101 Å². The van der Waals surface area contributed by atoms with Crippen LogP contribution in [-0.4, -0.2) is 6.54 Å². The van der Waals surface area contributed by atoms with Crippen LogP contribution in [0.1, 0.15) is 37.8 Å². The highest BCUT2D eigenvalue weighted by atomic mass is 35.5. The maximum Gasteiger partial charge on any atom is 0.141 e. The Kier molecular flexibility index (Phi) is 3.82. The van der Waals surface area contributed by atoms with Crippen molar-refractivity contribution in [1.29, 1.82) is 0 Å². The highest BCUT2D eigenvalue weighted by molar-refractivity contribution is 6.30. The van der Waals surface area contributed by atoms with Crippen LogP contribution in [0.4, 0.5) is 4.39 Å². The second kappa shape index (κ2) is 5.15. The second-order valence-corrected chi connectivity index (χ2v) is 4.81. The van der Waals surface area contributed by atoms with E-state index in [1.165, 1.54) is 25.3 Å². The van der Waals surface area contributed by atoms with Crippen LogP contribution in [0.25, 0.3) is 0 Å². The van der Waals surface area contributed by atoms with Gasteiger partial charge in [-0.05, 0) is 43.0 Å². The molecule has 1 aliphatic carbocycles. The highest BCUT2D eigenvalue weighted by Gasteiger charge is 2.28. The molecule has 1 atom stereocenters. The van der Waals surface area contributed by atoms with E-state index in [-0.39, 0.29) is 10.8 Å². The SMILES string of the molecule is CCNC(c1ccc(F)c(Cl)c1)C1CCC1. The fourth-order valence-corrected chi connectivity index (χ4v) is 2.44. The predicted octanol–water partition coefficient (Wildman–Crippen LogP) is 3.93. The molecule has 0 aromatic heterocycles. The van der Waals surface area contributed by atoms with Gasteiger partial charge in [0, 0.05) is 6.04 Å². The molecule has 1 aromatic carbocycles. The van der Waals surface area contributed by atoms with Crippen LogP contribution in [0.15, 0.2) is 18.2 Å². The molecular weight excluding hydrogens is 225 g/mol. The van der Waals surface area contributed by atoms with Crippen LogP contribution in [0.2, 0.25) is 5.02 Å². The maximum atomic E-state index is 13.1. The minimum absolute atomic E-state index is 0.222. The van der Waals surface area contributed by atoms with Crippen molar-refractivity contribution in [3.8, 4) is 0 Å². The Morgan fingerprint density at radius 3 is 2.75 bits per heavy atom. The lowest BCUT2D eigenvalue weighted by Crippen LogP contribution is -2.32. The van der Waals surface area contributed by atoms with E-state index in [0.29, 0.717) is 12.0 Å². The number of rotatable bonds is 4. The van der Waals surface area contributed by atoms with Crippen molar-refractivity contribution in [2.45, 2.75) is 32.2 Å². The first-order chi connectivity index (χ1) is 7.72. The smallest absolute Gasteiger partial charge is 0.141 e. The number of halogens is 2. The summed E-state index contributed by atoms with van der Waals surface area (Å²) in [5.41, 5.74) is 1.11. The van der Waals surface area contributed by atoms with Gasteiger partial charge in [-0.15, -0.1) is 0 Å². The standard InChI is InChI=1S/C13H17ClFN/c1-2-16-13(9-4-3-5-9)10-6-7-12(15)11(14)8-10/h6-9,13,16H,2-5H2,1H3. The topological polar surface area (TPSA) is 12.0 Å². The van der Waals surface area contributed by atoms with E-state index < -0.39 is 0 Å². The van der Waals surface area contributed by atoms with Gasteiger partial charge in [-0.25, -0.2) is 4.39 Å². The van der Waals surface area contributed by atoms with Gasteiger partial charge >= 0.3 is 0 Å². The third-order valence-corrected chi connectivity index (χ3v) is 3.64. The summed E-state index contributed by atoms with van der Waals surface area (Å²) >= 11 is 5.82. The minimum atomic E-state index is -0.339. The van der Waals surface area contributed by atoms with E-state index in [1.54, 1.807) is 6.07 Å². The molecule has 1 aliphatic rings. The lowest BCUT2D eigenvalue weighted by atomic mass is 9.77. The summed E-state index contributed by atoms with van der Waals surface area (Å²) in [5, 5.41) is 3.69. The Morgan fingerprint density at radius 2 is 2.25 bits per heavy atom. The zero-order valence-corrected chi connectivity index (χ0v) is 10.2. The van der Waals surface area contributed by atoms with Crippen LogP contribution < -0.4 is 5.32 Å². The summed E-state index contributed by atoms with van der Waals surface area (Å²) < 4.78 is 13.1. The molecular formula is C13H17ClFN. The Morgan fingerprint density at radius 1 is 1.50 bits per heavy atom. The van der Waals surface area contributed by atoms with E-state index in [1.807, 2.05) is 6.07 Å². The van der Waals surface area contributed by atoms with Crippen molar-refractivity contribution in [2.75, 3.05) is 6.54 Å². The van der Waals surface area contributed by atoms with Gasteiger partial charge in [0.05, 0.1) is 5.02 Å². The van der Waals surface area contributed by atoms with E-state index in [0.717, 1.165) is 12.1 Å². The molecule has 0 aliphatic heterocycles. The van der Waals surface area contributed by atoms with Crippen molar-refractivity contribution < 1.29 is 4.39 Å². The largest absolute Gasteiger partial charge is 0.310 e. The predicted molar refractivity (Wildman–Crippen MR) is 65.2 cm³/mol. The molecule has 1 unspecified atom stereocenters. The molecule has 1 aromatic rings. The summed E-state index contributed by atoms with van der Waals surface area (Å²) in [6.07, 6.45) is 3.82. The number of benzene rings is 1. The normalized spacial score (nSPS) is 18.2. The van der Waals surface area contributed by atoms with Gasteiger partial charge < -0.3 is 5.32 Å². The average Bonchev–Trinajstić information content (AvgIpc) is 2.19. The summed E-state index contributed by atoms with van der Waals surface area (Å²) in [4.78, 5) is 0. The van der Waals surface area contributed by atoms with E-state index in [2.05, 4.69) is 12.2 Å². The Bertz CT molecular complexity index is 363. The molecule has 0 amide bonds. The Hall–Kier alpha value is -0.600. The molecule has 16 heavy (non-hydrogen) atoms. The molecule has 1 fully saturated rings.